The van der Waals surface area contributed by atoms with E-state index in [1.54, 1.807) is 6.07 Å². The van der Waals surface area contributed by atoms with Gasteiger partial charge in [0.2, 0.25) is 0 Å². The maximum Gasteiger partial charge on any atom is 0.175 e. The molecule has 1 atom stereocenters. The molecule has 0 amide bonds. The van der Waals surface area contributed by atoms with E-state index in [1.165, 1.54) is 25.5 Å². The van der Waals surface area contributed by atoms with Gasteiger partial charge in [0.25, 0.3) is 0 Å². The Bertz CT molecular complexity index is 497. The summed E-state index contributed by atoms with van der Waals surface area (Å²) in [6, 6.07) is 7.60. The Kier molecular flexibility index (Phi) is 7.24. The molecule has 0 saturated carbocycles. The van der Waals surface area contributed by atoms with Gasteiger partial charge in [-0.3, -0.25) is 0 Å². The lowest BCUT2D eigenvalue weighted by Gasteiger charge is -2.19. The predicted octanol–water partition coefficient (Wildman–Crippen LogP) is 3.71. The first kappa shape index (κ1) is 17.2. The fourth-order valence-electron chi connectivity index (χ4n) is 2.27. The summed E-state index contributed by atoms with van der Waals surface area (Å²) < 4.78 is 23.3. The van der Waals surface area contributed by atoms with Gasteiger partial charge in [-0.05, 0) is 37.1 Å². The van der Waals surface area contributed by atoms with Gasteiger partial charge in [-0.1, -0.05) is 45.2 Å². The van der Waals surface area contributed by atoms with E-state index in [0.29, 0.717) is 4.90 Å². The third-order valence-corrected chi connectivity index (χ3v) is 4.54. The molecule has 0 saturated heterocycles. The Hall–Kier alpha value is -0.870. The van der Waals surface area contributed by atoms with Crippen LogP contribution in [-0.4, -0.2) is 21.2 Å². The molecular formula is C16H27NO2S. The Morgan fingerprint density at radius 3 is 2.50 bits per heavy atom. The van der Waals surface area contributed by atoms with Crippen LogP contribution in [0, 0.1) is 0 Å². The molecular weight excluding hydrogens is 270 g/mol. The standard InChI is InChI=1S/C16H27NO2S/c1-4-6-7-11-16(17-12-5-2)14-9-8-10-15(13-14)20(3,18)19/h8-10,13,16-17H,4-7,11-12H2,1-3H3. The summed E-state index contributed by atoms with van der Waals surface area (Å²) in [7, 11) is -3.13. The second kappa shape index (κ2) is 8.42. The molecule has 0 aliphatic carbocycles. The lowest BCUT2D eigenvalue weighted by Crippen LogP contribution is -2.22. The highest BCUT2D eigenvalue weighted by Gasteiger charge is 2.13. The van der Waals surface area contributed by atoms with Crippen LogP contribution >= 0.6 is 0 Å². The molecule has 0 aromatic heterocycles. The molecule has 1 aromatic carbocycles. The molecule has 1 unspecified atom stereocenters. The first-order valence-electron chi connectivity index (χ1n) is 7.52. The van der Waals surface area contributed by atoms with Crippen LogP contribution in [0.5, 0.6) is 0 Å². The van der Waals surface area contributed by atoms with Gasteiger partial charge in [0.15, 0.2) is 9.84 Å². The van der Waals surface area contributed by atoms with Crippen molar-refractivity contribution in [3.05, 3.63) is 29.8 Å². The Morgan fingerprint density at radius 1 is 1.15 bits per heavy atom. The average molecular weight is 297 g/mol. The molecule has 0 heterocycles. The lowest BCUT2D eigenvalue weighted by molar-refractivity contribution is 0.474. The van der Waals surface area contributed by atoms with Gasteiger partial charge in [-0.25, -0.2) is 8.42 Å². The number of sulfone groups is 1. The molecule has 0 aliphatic rings. The number of hydrogen-bond donors (Lipinski definition) is 1. The highest BCUT2D eigenvalue weighted by molar-refractivity contribution is 7.90. The van der Waals surface area contributed by atoms with Gasteiger partial charge in [0, 0.05) is 12.3 Å². The summed E-state index contributed by atoms with van der Waals surface area (Å²) in [6.45, 7) is 5.29. The number of hydrogen-bond acceptors (Lipinski definition) is 3. The van der Waals surface area contributed by atoms with Gasteiger partial charge in [-0.2, -0.15) is 0 Å². The van der Waals surface area contributed by atoms with Crippen LogP contribution in [0.1, 0.15) is 57.6 Å². The van der Waals surface area contributed by atoms with Crippen molar-refractivity contribution >= 4 is 9.84 Å². The van der Waals surface area contributed by atoms with Crippen molar-refractivity contribution in [2.75, 3.05) is 12.8 Å². The van der Waals surface area contributed by atoms with Crippen LogP contribution in [0.3, 0.4) is 0 Å². The quantitative estimate of drug-likeness (QED) is 0.707. The highest BCUT2D eigenvalue weighted by atomic mass is 32.2. The molecule has 0 radical (unpaired) electrons. The molecule has 20 heavy (non-hydrogen) atoms. The molecule has 1 N–H and O–H groups in total. The van der Waals surface area contributed by atoms with Gasteiger partial charge < -0.3 is 5.32 Å². The third-order valence-electron chi connectivity index (χ3n) is 3.43. The van der Waals surface area contributed by atoms with E-state index >= 15 is 0 Å². The van der Waals surface area contributed by atoms with Crippen LogP contribution in [0.25, 0.3) is 0 Å². The third kappa shape index (κ3) is 5.63. The minimum Gasteiger partial charge on any atom is -0.310 e. The summed E-state index contributed by atoms with van der Waals surface area (Å²) in [6.07, 6.45) is 6.98. The molecule has 0 fully saturated rings. The minimum atomic E-state index is -3.13. The normalized spacial score (nSPS) is 13.3. The van der Waals surface area contributed by atoms with Gasteiger partial charge in [-0.15, -0.1) is 0 Å². The molecule has 1 rings (SSSR count). The van der Waals surface area contributed by atoms with Crippen molar-refractivity contribution in [3.8, 4) is 0 Å². The molecule has 0 spiro atoms. The topological polar surface area (TPSA) is 46.2 Å². The number of benzene rings is 1. The first-order valence-corrected chi connectivity index (χ1v) is 9.41. The van der Waals surface area contributed by atoms with E-state index in [2.05, 4.69) is 19.2 Å². The second-order valence-corrected chi connectivity index (χ2v) is 7.36. The van der Waals surface area contributed by atoms with Gasteiger partial charge in [0.1, 0.15) is 0 Å². The molecule has 114 valence electrons. The van der Waals surface area contributed by atoms with Gasteiger partial charge >= 0.3 is 0 Å². The molecule has 1 aromatic rings. The summed E-state index contributed by atoms with van der Waals surface area (Å²) in [5, 5.41) is 3.53. The Labute approximate surface area is 123 Å². The number of nitrogens with one attached hydrogen (secondary N) is 1. The van der Waals surface area contributed by atoms with Crippen molar-refractivity contribution in [2.45, 2.75) is 56.9 Å². The average Bonchev–Trinajstić information content (AvgIpc) is 2.42. The van der Waals surface area contributed by atoms with E-state index in [4.69, 9.17) is 0 Å². The first-order chi connectivity index (χ1) is 9.49. The van der Waals surface area contributed by atoms with E-state index in [1.807, 2.05) is 18.2 Å². The van der Waals surface area contributed by atoms with E-state index in [-0.39, 0.29) is 6.04 Å². The predicted molar refractivity (Wildman–Crippen MR) is 84.7 cm³/mol. The molecule has 0 aliphatic heterocycles. The zero-order valence-corrected chi connectivity index (χ0v) is 13.7. The second-order valence-electron chi connectivity index (χ2n) is 5.35. The van der Waals surface area contributed by atoms with Crippen molar-refractivity contribution < 1.29 is 8.42 Å². The van der Waals surface area contributed by atoms with Crippen molar-refractivity contribution in [3.63, 3.8) is 0 Å². The van der Waals surface area contributed by atoms with E-state index in [0.717, 1.165) is 24.9 Å². The minimum absolute atomic E-state index is 0.253. The van der Waals surface area contributed by atoms with E-state index < -0.39 is 9.84 Å². The van der Waals surface area contributed by atoms with Crippen LogP contribution < -0.4 is 5.32 Å². The highest BCUT2D eigenvalue weighted by Crippen LogP contribution is 2.22. The largest absolute Gasteiger partial charge is 0.310 e. The van der Waals surface area contributed by atoms with Crippen LogP contribution in [0.2, 0.25) is 0 Å². The lowest BCUT2D eigenvalue weighted by atomic mass is 10.0. The fourth-order valence-corrected chi connectivity index (χ4v) is 2.94. The van der Waals surface area contributed by atoms with Crippen molar-refractivity contribution in [1.82, 2.24) is 5.32 Å². The summed E-state index contributed by atoms with van der Waals surface area (Å²) >= 11 is 0. The van der Waals surface area contributed by atoms with Crippen molar-refractivity contribution in [1.29, 1.82) is 0 Å². The number of unbranched alkanes of at least 4 members (excludes halogenated alkanes) is 2. The molecule has 4 heteroatoms. The summed E-state index contributed by atoms with van der Waals surface area (Å²) in [5.74, 6) is 0. The van der Waals surface area contributed by atoms with Crippen LogP contribution in [-0.2, 0) is 9.84 Å². The summed E-state index contributed by atoms with van der Waals surface area (Å²) in [5.41, 5.74) is 1.08. The smallest absolute Gasteiger partial charge is 0.175 e. The van der Waals surface area contributed by atoms with Crippen LogP contribution in [0.4, 0.5) is 0 Å². The monoisotopic (exact) mass is 297 g/mol. The van der Waals surface area contributed by atoms with Crippen LogP contribution in [0.15, 0.2) is 29.2 Å². The van der Waals surface area contributed by atoms with E-state index in [9.17, 15) is 8.42 Å². The Morgan fingerprint density at radius 2 is 1.90 bits per heavy atom. The number of rotatable bonds is 9. The van der Waals surface area contributed by atoms with Crippen molar-refractivity contribution in [2.24, 2.45) is 0 Å². The SMILES string of the molecule is CCCCCC(NCCC)c1cccc(S(C)(=O)=O)c1. The molecule has 3 nitrogen and oxygen atoms in total. The summed E-state index contributed by atoms with van der Waals surface area (Å²) in [4.78, 5) is 0.411. The van der Waals surface area contributed by atoms with Gasteiger partial charge in [0.05, 0.1) is 4.90 Å². The maximum atomic E-state index is 11.7. The maximum absolute atomic E-state index is 11.7. The Balaban J connectivity index is 2.88. The molecule has 0 bridgehead atoms. The fraction of sp³-hybridized carbons (Fsp3) is 0.625. The zero-order valence-electron chi connectivity index (χ0n) is 12.9. The zero-order chi connectivity index (χ0) is 15.0.